The monoisotopic (exact) mass is 351 g/mol. The Labute approximate surface area is 142 Å². The van der Waals surface area contributed by atoms with Gasteiger partial charge in [-0.1, -0.05) is 18.2 Å². The molecular formula is C18H22FNO3S. The summed E-state index contributed by atoms with van der Waals surface area (Å²) in [5.74, 6) is 0.324. The maximum Gasteiger partial charge on any atom is 0.175 e. The Hall–Kier alpha value is -1.92. The lowest BCUT2D eigenvalue weighted by atomic mass is 10.2. The molecule has 0 aromatic heterocycles. The summed E-state index contributed by atoms with van der Waals surface area (Å²) >= 11 is 0. The molecule has 2 aromatic carbocycles. The van der Waals surface area contributed by atoms with E-state index >= 15 is 0 Å². The van der Waals surface area contributed by atoms with Crippen LogP contribution in [0.5, 0.6) is 5.75 Å². The zero-order chi connectivity index (χ0) is 17.6. The quantitative estimate of drug-likeness (QED) is 0.686. The van der Waals surface area contributed by atoms with Crippen molar-refractivity contribution in [3.8, 4) is 5.75 Å². The summed E-state index contributed by atoms with van der Waals surface area (Å²) in [6.07, 6.45) is 1.98. The summed E-state index contributed by atoms with van der Waals surface area (Å²) in [4.78, 5) is 2.39. The molecule has 0 radical (unpaired) electrons. The van der Waals surface area contributed by atoms with E-state index in [1.54, 1.807) is 30.3 Å². The molecule has 0 aliphatic heterocycles. The van der Waals surface area contributed by atoms with Crippen molar-refractivity contribution in [1.29, 1.82) is 0 Å². The second-order valence-electron chi connectivity index (χ2n) is 5.81. The second kappa shape index (κ2) is 8.26. The fourth-order valence-electron chi connectivity index (χ4n) is 2.30. The third-order valence-corrected chi connectivity index (χ3v) is 4.66. The fourth-order valence-corrected chi connectivity index (χ4v) is 2.96. The van der Waals surface area contributed by atoms with Gasteiger partial charge in [0.25, 0.3) is 0 Å². The molecule has 2 rings (SSSR count). The van der Waals surface area contributed by atoms with Crippen LogP contribution in [0.1, 0.15) is 12.0 Å². The second-order valence-corrected chi connectivity index (χ2v) is 7.83. The van der Waals surface area contributed by atoms with Crippen LogP contribution in [0.4, 0.5) is 4.39 Å². The van der Waals surface area contributed by atoms with E-state index in [2.05, 4.69) is 4.90 Å². The summed E-state index contributed by atoms with van der Waals surface area (Å²) < 4.78 is 41.5. The van der Waals surface area contributed by atoms with Crippen molar-refractivity contribution in [3.05, 3.63) is 59.9 Å². The summed E-state index contributed by atoms with van der Waals surface area (Å²) in [5.41, 5.74) is 1.06. The molecule has 6 heteroatoms. The third kappa shape index (κ3) is 5.94. The Morgan fingerprint density at radius 1 is 1.12 bits per heavy atom. The summed E-state index contributed by atoms with van der Waals surface area (Å²) in [6, 6.07) is 13.0. The van der Waals surface area contributed by atoms with Crippen molar-refractivity contribution < 1.29 is 17.5 Å². The molecule has 0 amide bonds. The topological polar surface area (TPSA) is 46.6 Å². The van der Waals surface area contributed by atoms with Gasteiger partial charge in [0.15, 0.2) is 9.84 Å². The van der Waals surface area contributed by atoms with Gasteiger partial charge in [-0.25, -0.2) is 12.8 Å². The van der Waals surface area contributed by atoms with Crippen LogP contribution in [0.15, 0.2) is 53.4 Å². The van der Waals surface area contributed by atoms with E-state index in [9.17, 15) is 12.8 Å². The first-order valence-electron chi connectivity index (χ1n) is 7.70. The van der Waals surface area contributed by atoms with Crippen molar-refractivity contribution in [1.82, 2.24) is 4.90 Å². The fraction of sp³-hybridized carbons (Fsp3) is 0.333. The highest BCUT2D eigenvalue weighted by Crippen LogP contribution is 2.17. The van der Waals surface area contributed by atoms with Crippen LogP contribution in [-0.2, 0) is 16.4 Å². The largest absolute Gasteiger partial charge is 0.494 e. The predicted molar refractivity (Wildman–Crippen MR) is 92.4 cm³/mol. The molecule has 0 aliphatic rings. The first-order valence-corrected chi connectivity index (χ1v) is 9.59. The van der Waals surface area contributed by atoms with Gasteiger partial charge >= 0.3 is 0 Å². The number of benzene rings is 2. The lowest BCUT2D eigenvalue weighted by Gasteiger charge is -2.17. The lowest BCUT2D eigenvalue weighted by molar-refractivity contribution is 0.258. The third-order valence-electron chi connectivity index (χ3n) is 3.55. The summed E-state index contributed by atoms with van der Waals surface area (Å²) in [7, 11) is -1.23. The van der Waals surface area contributed by atoms with E-state index < -0.39 is 9.84 Å². The molecule has 0 unspecified atom stereocenters. The molecular weight excluding hydrogens is 329 g/mol. The Bertz CT molecular complexity index is 760. The van der Waals surface area contributed by atoms with Crippen LogP contribution < -0.4 is 4.74 Å². The van der Waals surface area contributed by atoms with Crippen LogP contribution in [0.3, 0.4) is 0 Å². The van der Waals surface area contributed by atoms with Crippen molar-refractivity contribution >= 4 is 9.84 Å². The van der Waals surface area contributed by atoms with Gasteiger partial charge in [0.1, 0.15) is 11.6 Å². The normalized spacial score (nSPS) is 11.7. The molecule has 0 bridgehead atoms. The highest BCUT2D eigenvalue weighted by molar-refractivity contribution is 7.90. The van der Waals surface area contributed by atoms with Crippen LogP contribution in [-0.4, -0.2) is 39.8 Å². The Morgan fingerprint density at radius 3 is 2.50 bits per heavy atom. The van der Waals surface area contributed by atoms with Gasteiger partial charge in [0.05, 0.1) is 11.5 Å². The van der Waals surface area contributed by atoms with Gasteiger partial charge in [-0.3, -0.25) is 0 Å². The van der Waals surface area contributed by atoms with Gasteiger partial charge in [-0.2, -0.15) is 0 Å². The molecule has 0 N–H and O–H groups in total. The minimum Gasteiger partial charge on any atom is -0.494 e. The highest BCUT2D eigenvalue weighted by Gasteiger charge is 2.08. The van der Waals surface area contributed by atoms with Crippen LogP contribution in [0, 0.1) is 5.82 Å². The molecule has 0 atom stereocenters. The maximum absolute atomic E-state index is 12.9. The number of rotatable bonds is 8. The van der Waals surface area contributed by atoms with E-state index in [4.69, 9.17) is 4.74 Å². The van der Waals surface area contributed by atoms with Crippen molar-refractivity contribution in [3.63, 3.8) is 0 Å². The molecule has 0 aliphatic carbocycles. The van der Waals surface area contributed by atoms with Crippen LogP contribution >= 0.6 is 0 Å². The summed E-state index contributed by atoms with van der Waals surface area (Å²) in [5, 5.41) is 0. The molecule has 0 fully saturated rings. The smallest absolute Gasteiger partial charge is 0.175 e. The number of nitrogens with zero attached hydrogens (tertiary/aromatic N) is 1. The SMILES string of the molecule is CN(CCCOc1cccc(S(C)(=O)=O)c1)Cc1ccc(F)cc1. The average molecular weight is 351 g/mol. The molecule has 4 nitrogen and oxygen atoms in total. The zero-order valence-corrected chi connectivity index (χ0v) is 14.7. The van der Waals surface area contributed by atoms with Gasteiger partial charge in [0.2, 0.25) is 0 Å². The zero-order valence-electron chi connectivity index (χ0n) is 13.9. The maximum atomic E-state index is 12.9. The molecule has 2 aromatic rings. The number of halogens is 1. The van der Waals surface area contributed by atoms with Crippen molar-refractivity contribution in [2.45, 2.75) is 17.9 Å². The van der Waals surface area contributed by atoms with Gasteiger partial charge < -0.3 is 9.64 Å². The first-order chi connectivity index (χ1) is 11.3. The number of sulfone groups is 1. The molecule has 130 valence electrons. The lowest BCUT2D eigenvalue weighted by Crippen LogP contribution is -2.20. The summed E-state index contributed by atoms with van der Waals surface area (Å²) in [6.45, 7) is 2.06. The predicted octanol–water partition coefficient (Wildman–Crippen LogP) is 3.13. The number of ether oxygens (including phenoxy) is 1. The van der Waals surface area contributed by atoms with E-state index in [0.717, 1.165) is 25.1 Å². The van der Waals surface area contributed by atoms with Crippen molar-refractivity contribution in [2.24, 2.45) is 0 Å². The average Bonchev–Trinajstić information content (AvgIpc) is 2.53. The molecule has 0 heterocycles. The van der Waals surface area contributed by atoms with E-state index in [-0.39, 0.29) is 10.7 Å². The van der Waals surface area contributed by atoms with Gasteiger partial charge in [-0.05, 0) is 49.4 Å². The first kappa shape index (κ1) is 18.4. The standard InChI is InChI=1S/C18H22FNO3S/c1-20(14-15-7-9-16(19)10-8-15)11-4-12-23-17-5-3-6-18(13-17)24(2,21)22/h3,5-10,13H,4,11-12,14H2,1-2H3. The van der Waals surface area contributed by atoms with Gasteiger partial charge in [0, 0.05) is 19.3 Å². The van der Waals surface area contributed by atoms with E-state index in [1.807, 2.05) is 7.05 Å². The molecule has 0 saturated heterocycles. The highest BCUT2D eigenvalue weighted by atomic mass is 32.2. The minimum absolute atomic E-state index is 0.230. The Morgan fingerprint density at radius 2 is 1.83 bits per heavy atom. The Balaban J connectivity index is 1.75. The van der Waals surface area contributed by atoms with E-state index in [1.165, 1.54) is 24.5 Å². The molecule has 0 spiro atoms. The van der Waals surface area contributed by atoms with Crippen LogP contribution in [0.2, 0.25) is 0 Å². The Kier molecular flexibility index (Phi) is 6.34. The molecule has 0 saturated carbocycles. The van der Waals surface area contributed by atoms with Gasteiger partial charge in [-0.15, -0.1) is 0 Å². The van der Waals surface area contributed by atoms with E-state index in [0.29, 0.717) is 12.4 Å². The minimum atomic E-state index is -3.22. The van der Waals surface area contributed by atoms with Crippen molar-refractivity contribution in [2.75, 3.05) is 26.5 Å². The molecule has 24 heavy (non-hydrogen) atoms. The van der Waals surface area contributed by atoms with Crippen LogP contribution in [0.25, 0.3) is 0 Å². The number of hydrogen-bond acceptors (Lipinski definition) is 4. The number of hydrogen-bond donors (Lipinski definition) is 0.